The van der Waals surface area contributed by atoms with E-state index in [1.165, 1.54) is 37.3 Å². The molecule has 2 rings (SSSR count). The minimum atomic E-state index is -0.161. The van der Waals surface area contributed by atoms with Crippen LogP contribution in [0.4, 0.5) is 4.39 Å². The van der Waals surface area contributed by atoms with Crippen molar-refractivity contribution < 1.29 is 4.39 Å². The SMILES string of the molecule is CCCCCC(C)c1ccc2cc(F)ccc2c1. The smallest absolute Gasteiger partial charge is 0.123 e. The Morgan fingerprint density at radius 1 is 1.00 bits per heavy atom. The highest BCUT2D eigenvalue weighted by Crippen LogP contribution is 2.25. The molecule has 1 heteroatoms. The Kier molecular flexibility index (Phi) is 4.35. The maximum Gasteiger partial charge on any atom is 0.123 e. The van der Waals surface area contributed by atoms with Crippen molar-refractivity contribution >= 4 is 10.8 Å². The van der Waals surface area contributed by atoms with Crippen LogP contribution in [0.2, 0.25) is 0 Å². The fraction of sp³-hybridized carbons (Fsp3) is 0.412. The summed E-state index contributed by atoms with van der Waals surface area (Å²) in [4.78, 5) is 0. The van der Waals surface area contributed by atoms with Gasteiger partial charge in [0.05, 0.1) is 0 Å². The van der Waals surface area contributed by atoms with Crippen LogP contribution in [0.15, 0.2) is 36.4 Å². The molecule has 1 unspecified atom stereocenters. The maximum absolute atomic E-state index is 13.1. The first-order chi connectivity index (χ1) is 8.70. The van der Waals surface area contributed by atoms with Crippen molar-refractivity contribution in [1.29, 1.82) is 0 Å². The van der Waals surface area contributed by atoms with E-state index in [2.05, 4.69) is 26.0 Å². The van der Waals surface area contributed by atoms with Gasteiger partial charge < -0.3 is 0 Å². The molecule has 18 heavy (non-hydrogen) atoms. The third kappa shape index (κ3) is 3.10. The van der Waals surface area contributed by atoms with Gasteiger partial charge in [-0.3, -0.25) is 0 Å². The molecular formula is C17H21F. The Labute approximate surface area is 109 Å². The third-order valence-corrected chi connectivity index (χ3v) is 3.64. The van der Waals surface area contributed by atoms with Crippen LogP contribution in [0.5, 0.6) is 0 Å². The van der Waals surface area contributed by atoms with Crippen molar-refractivity contribution in [2.45, 2.75) is 45.4 Å². The summed E-state index contributed by atoms with van der Waals surface area (Å²) in [6, 6.07) is 11.4. The van der Waals surface area contributed by atoms with Gasteiger partial charge in [-0.1, -0.05) is 57.4 Å². The molecule has 0 aliphatic carbocycles. The van der Waals surface area contributed by atoms with E-state index in [-0.39, 0.29) is 5.82 Å². The van der Waals surface area contributed by atoms with Gasteiger partial charge in [0.15, 0.2) is 0 Å². The van der Waals surface area contributed by atoms with Crippen molar-refractivity contribution in [3.63, 3.8) is 0 Å². The largest absolute Gasteiger partial charge is 0.207 e. The molecule has 0 spiro atoms. The van der Waals surface area contributed by atoms with Crippen molar-refractivity contribution in [2.75, 3.05) is 0 Å². The van der Waals surface area contributed by atoms with Gasteiger partial charge in [0.2, 0.25) is 0 Å². The zero-order valence-electron chi connectivity index (χ0n) is 11.2. The van der Waals surface area contributed by atoms with Crippen LogP contribution in [-0.2, 0) is 0 Å². The molecule has 0 fully saturated rings. The summed E-state index contributed by atoms with van der Waals surface area (Å²) in [6.45, 7) is 4.51. The molecule has 0 nitrogen and oxygen atoms in total. The second kappa shape index (κ2) is 5.99. The number of hydrogen-bond donors (Lipinski definition) is 0. The predicted octanol–water partition coefficient (Wildman–Crippen LogP) is 5.66. The van der Waals surface area contributed by atoms with Gasteiger partial charge in [0.25, 0.3) is 0 Å². The Bertz CT molecular complexity index is 516. The van der Waals surface area contributed by atoms with E-state index in [0.29, 0.717) is 5.92 Å². The van der Waals surface area contributed by atoms with Gasteiger partial charge in [0.1, 0.15) is 5.82 Å². The summed E-state index contributed by atoms with van der Waals surface area (Å²) in [7, 11) is 0. The first kappa shape index (κ1) is 13.1. The molecule has 0 heterocycles. The molecule has 0 saturated carbocycles. The molecular weight excluding hydrogens is 223 g/mol. The van der Waals surface area contributed by atoms with E-state index in [0.717, 1.165) is 10.8 Å². The molecule has 0 amide bonds. The van der Waals surface area contributed by atoms with Crippen LogP contribution >= 0.6 is 0 Å². The van der Waals surface area contributed by atoms with Gasteiger partial charge >= 0.3 is 0 Å². The van der Waals surface area contributed by atoms with Crippen LogP contribution in [0.1, 0.15) is 51.0 Å². The zero-order chi connectivity index (χ0) is 13.0. The summed E-state index contributed by atoms with van der Waals surface area (Å²) < 4.78 is 13.1. The summed E-state index contributed by atoms with van der Waals surface area (Å²) >= 11 is 0. The highest BCUT2D eigenvalue weighted by Gasteiger charge is 2.06. The van der Waals surface area contributed by atoms with Crippen molar-refractivity contribution in [3.05, 3.63) is 47.8 Å². The molecule has 0 N–H and O–H groups in total. The summed E-state index contributed by atoms with van der Waals surface area (Å²) in [5, 5.41) is 2.12. The molecule has 0 aliphatic rings. The van der Waals surface area contributed by atoms with Gasteiger partial charge in [-0.15, -0.1) is 0 Å². The average molecular weight is 244 g/mol. The Morgan fingerprint density at radius 2 is 1.72 bits per heavy atom. The minimum Gasteiger partial charge on any atom is -0.207 e. The monoisotopic (exact) mass is 244 g/mol. The van der Waals surface area contributed by atoms with Crippen molar-refractivity contribution in [1.82, 2.24) is 0 Å². The molecule has 0 saturated heterocycles. The van der Waals surface area contributed by atoms with Gasteiger partial charge in [-0.2, -0.15) is 0 Å². The lowest BCUT2D eigenvalue weighted by atomic mass is 9.93. The number of fused-ring (bicyclic) bond motifs is 1. The van der Waals surface area contributed by atoms with Crippen LogP contribution < -0.4 is 0 Å². The molecule has 0 bridgehead atoms. The number of benzene rings is 2. The molecule has 0 radical (unpaired) electrons. The van der Waals surface area contributed by atoms with Crippen LogP contribution in [-0.4, -0.2) is 0 Å². The second-order valence-electron chi connectivity index (χ2n) is 5.15. The van der Waals surface area contributed by atoms with Crippen LogP contribution in [0, 0.1) is 5.82 Å². The average Bonchev–Trinajstić information content (AvgIpc) is 2.38. The van der Waals surface area contributed by atoms with Gasteiger partial charge in [-0.25, -0.2) is 4.39 Å². The third-order valence-electron chi connectivity index (χ3n) is 3.64. The van der Waals surface area contributed by atoms with Crippen molar-refractivity contribution in [3.8, 4) is 0 Å². The topological polar surface area (TPSA) is 0 Å². The lowest BCUT2D eigenvalue weighted by molar-refractivity contribution is 0.598. The normalized spacial score (nSPS) is 12.8. The Hall–Kier alpha value is -1.37. The molecule has 96 valence electrons. The standard InChI is InChI=1S/C17H21F/c1-3-4-5-6-13(2)14-7-8-16-12-17(18)10-9-15(16)11-14/h7-13H,3-6H2,1-2H3. The highest BCUT2D eigenvalue weighted by atomic mass is 19.1. The molecule has 0 aliphatic heterocycles. The number of hydrogen-bond acceptors (Lipinski definition) is 0. The van der Waals surface area contributed by atoms with E-state index in [9.17, 15) is 4.39 Å². The minimum absolute atomic E-state index is 0.161. The quantitative estimate of drug-likeness (QED) is 0.595. The first-order valence-corrected chi connectivity index (χ1v) is 6.90. The molecule has 1 atom stereocenters. The van der Waals surface area contributed by atoms with E-state index < -0.39 is 0 Å². The number of unbranched alkanes of at least 4 members (excludes halogenated alkanes) is 2. The van der Waals surface area contributed by atoms with Crippen LogP contribution in [0.25, 0.3) is 10.8 Å². The lowest BCUT2D eigenvalue weighted by Gasteiger charge is -2.12. The lowest BCUT2D eigenvalue weighted by Crippen LogP contribution is -1.93. The van der Waals surface area contributed by atoms with E-state index in [1.54, 1.807) is 6.07 Å². The summed E-state index contributed by atoms with van der Waals surface area (Å²) in [5.74, 6) is 0.428. The van der Waals surface area contributed by atoms with E-state index >= 15 is 0 Å². The molecule has 0 aromatic heterocycles. The first-order valence-electron chi connectivity index (χ1n) is 6.90. The van der Waals surface area contributed by atoms with Crippen molar-refractivity contribution in [2.24, 2.45) is 0 Å². The van der Waals surface area contributed by atoms with Gasteiger partial charge in [0, 0.05) is 0 Å². The summed E-state index contributed by atoms with van der Waals surface area (Å²) in [6.07, 6.45) is 5.10. The molecule has 2 aromatic carbocycles. The van der Waals surface area contributed by atoms with E-state index in [4.69, 9.17) is 0 Å². The van der Waals surface area contributed by atoms with Gasteiger partial charge in [-0.05, 0) is 40.8 Å². The zero-order valence-corrected chi connectivity index (χ0v) is 11.2. The highest BCUT2D eigenvalue weighted by molar-refractivity contribution is 5.83. The number of halogens is 1. The van der Waals surface area contributed by atoms with Crippen LogP contribution in [0.3, 0.4) is 0 Å². The maximum atomic E-state index is 13.1. The Balaban J connectivity index is 2.16. The predicted molar refractivity (Wildman–Crippen MR) is 76.5 cm³/mol. The second-order valence-corrected chi connectivity index (χ2v) is 5.15. The molecule has 2 aromatic rings. The summed E-state index contributed by atoms with van der Waals surface area (Å²) in [5.41, 5.74) is 1.37. The number of rotatable bonds is 5. The van der Waals surface area contributed by atoms with E-state index in [1.807, 2.05) is 12.1 Å². The fourth-order valence-corrected chi connectivity index (χ4v) is 2.41. The fourth-order valence-electron chi connectivity index (χ4n) is 2.41. The Morgan fingerprint density at radius 3 is 2.50 bits per heavy atom.